The van der Waals surface area contributed by atoms with Crippen LogP contribution in [0.15, 0.2) is 48.5 Å². The van der Waals surface area contributed by atoms with E-state index in [9.17, 15) is 13.2 Å². The van der Waals surface area contributed by atoms with Crippen LogP contribution < -0.4 is 14.5 Å². The molecule has 0 saturated heterocycles. The van der Waals surface area contributed by atoms with Gasteiger partial charge < -0.3 is 10.2 Å². The van der Waals surface area contributed by atoms with E-state index in [-0.39, 0.29) is 19.0 Å². The smallest absolute Gasteiger partial charge is 0.251 e. The molecule has 0 radical (unpaired) electrons. The van der Waals surface area contributed by atoms with Crippen molar-refractivity contribution < 1.29 is 13.2 Å². The van der Waals surface area contributed by atoms with Crippen LogP contribution >= 0.6 is 11.6 Å². The van der Waals surface area contributed by atoms with Crippen LogP contribution in [0.25, 0.3) is 0 Å². The molecule has 8 heteroatoms. The molecule has 1 N–H and O–H groups in total. The van der Waals surface area contributed by atoms with Crippen LogP contribution in [0.1, 0.15) is 10.4 Å². The molecular weight excluding hydrogens is 374 g/mol. The van der Waals surface area contributed by atoms with Crippen molar-refractivity contribution in [1.82, 2.24) is 5.32 Å². The Bertz CT molecular complexity index is 850. The number of nitrogens with zero attached hydrogens (tertiary/aromatic N) is 2. The van der Waals surface area contributed by atoms with Crippen molar-refractivity contribution in [3.63, 3.8) is 0 Å². The van der Waals surface area contributed by atoms with Gasteiger partial charge in [-0.3, -0.25) is 9.10 Å². The average Bonchev–Trinajstić information content (AvgIpc) is 2.58. The van der Waals surface area contributed by atoms with Crippen LogP contribution in [0.2, 0.25) is 5.02 Å². The predicted molar refractivity (Wildman–Crippen MR) is 107 cm³/mol. The third-order valence-corrected chi connectivity index (χ3v) is 5.21. The number of hydrogen-bond acceptors (Lipinski definition) is 4. The molecule has 0 fully saturated rings. The number of hydrogen-bond donors (Lipinski definition) is 1. The summed E-state index contributed by atoms with van der Waals surface area (Å²) in [6.07, 6.45) is 1.15. The minimum absolute atomic E-state index is 0.138. The van der Waals surface area contributed by atoms with Gasteiger partial charge >= 0.3 is 0 Å². The van der Waals surface area contributed by atoms with Gasteiger partial charge in [0, 0.05) is 36.9 Å². The lowest BCUT2D eigenvalue weighted by atomic mass is 10.2. The molecule has 1 amide bonds. The van der Waals surface area contributed by atoms with Crippen LogP contribution in [0.3, 0.4) is 0 Å². The summed E-state index contributed by atoms with van der Waals surface area (Å²) >= 11 is 5.80. The van der Waals surface area contributed by atoms with E-state index in [0.29, 0.717) is 16.3 Å². The molecule has 0 unspecified atom stereocenters. The Balaban J connectivity index is 2.04. The highest BCUT2D eigenvalue weighted by molar-refractivity contribution is 7.92. The number of amides is 1. The van der Waals surface area contributed by atoms with E-state index in [0.717, 1.165) is 11.9 Å². The second kappa shape index (κ2) is 8.42. The van der Waals surface area contributed by atoms with Gasteiger partial charge in [-0.25, -0.2) is 8.42 Å². The van der Waals surface area contributed by atoms with E-state index < -0.39 is 10.0 Å². The normalized spacial score (nSPS) is 11.1. The first-order valence-corrected chi connectivity index (χ1v) is 10.2. The van der Waals surface area contributed by atoms with Crippen molar-refractivity contribution in [2.24, 2.45) is 0 Å². The van der Waals surface area contributed by atoms with Crippen LogP contribution in [-0.2, 0) is 10.0 Å². The van der Waals surface area contributed by atoms with E-state index in [2.05, 4.69) is 5.32 Å². The minimum Gasteiger partial charge on any atom is -0.378 e. The fraction of sp³-hybridized carbons (Fsp3) is 0.278. The third-order valence-electron chi connectivity index (χ3n) is 3.76. The molecule has 2 aromatic carbocycles. The van der Waals surface area contributed by atoms with E-state index >= 15 is 0 Å². The Morgan fingerprint density at radius 1 is 1.00 bits per heavy atom. The molecule has 6 nitrogen and oxygen atoms in total. The second-order valence-corrected chi connectivity index (χ2v) is 8.35. The molecule has 0 aliphatic carbocycles. The Hall–Kier alpha value is -2.25. The summed E-state index contributed by atoms with van der Waals surface area (Å²) in [7, 11) is 0.356. The molecule has 2 aromatic rings. The lowest BCUT2D eigenvalue weighted by molar-refractivity contribution is 0.0955. The monoisotopic (exact) mass is 395 g/mol. The first-order chi connectivity index (χ1) is 12.2. The summed E-state index contributed by atoms with van der Waals surface area (Å²) in [5, 5.41) is 3.27. The number of nitrogens with one attached hydrogen (secondary N) is 1. The number of carbonyl (C=O) groups is 1. The predicted octanol–water partition coefficient (Wildman–Crippen LogP) is 2.60. The lowest BCUT2D eigenvalue weighted by Gasteiger charge is -2.23. The molecule has 26 heavy (non-hydrogen) atoms. The fourth-order valence-electron chi connectivity index (χ4n) is 2.38. The SMILES string of the molecule is CN(C)c1ccc(N(CCNC(=O)c2ccc(Cl)cc2)S(C)(=O)=O)cc1. The van der Waals surface area contributed by atoms with E-state index in [1.165, 1.54) is 4.31 Å². The summed E-state index contributed by atoms with van der Waals surface area (Å²) in [6.45, 7) is 0.323. The zero-order chi connectivity index (χ0) is 19.3. The van der Waals surface area contributed by atoms with Gasteiger partial charge in [-0.1, -0.05) is 11.6 Å². The van der Waals surface area contributed by atoms with E-state index in [4.69, 9.17) is 11.6 Å². The third kappa shape index (κ3) is 5.37. The highest BCUT2D eigenvalue weighted by atomic mass is 35.5. The standard InChI is InChI=1S/C18H22ClN3O3S/c1-21(2)16-8-10-17(11-9-16)22(26(3,24)25)13-12-20-18(23)14-4-6-15(19)7-5-14/h4-11H,12-13H2,1-3H3,(H,20,23). The quantitative estimate of drug-likeness (QED) is 0.782. The Kier molecular flexibility index (Phi) is 6.50. The van der Waals surface area contributed by atoms with Crippen molar-refractivity contribution in [3.8, 4) is 0 Å². The molecule has 0 bridgehead atoms. The van der Waals surface area contributed by atoms with Gasteiger partial charge in [-0.2, -0.15) is 0 Å². The largest absolute Gasteiger partial charge is 0.378 e. The summed E-state index contributed by atoms with van der Waals surface area (Å²) in [5.41, 5.74) is 1.99. The minimum atomic E-state index is -3.47. The number of benzene rings is 2. The molecule has 0 aliphatic heterocycles. The molecule has 0 heterocycles. The maximum absolute atomic E-state index is 12.1. The lowest BCUT2D eigenvalue weighted by Crippen LogP contribution is -2.38. The van der Waals surface area contributed by atoms with Gasteiger partial charge in [0.25, 0.3) is 5.91 Å². The summed E-state index contributed by atoms with van der Waals surface area (Å²) < 4.78 is 25.5. The highest BCUT2D eigenvalue weighted by Crippen LogP contribution is 2.21. The van der Waals surface area contributed by atoms with E-state index in [1.807, 2.05) is 31.1 Å². The molecule has 2 rings (SSSR count). The van der Waals surface area contributed by atoms with Crippen LogP contribution in [-0.4, -0.2) is 47.8 Å². The van der Waals surface area contributed by atoms with Gasteiger partial charge in [-0.05, 0) is 48.5 Å². The van der Waals surface area contributed by atoms with Gasteiger partial charge in [0.2, 0.25) is 10.0 Å². The van der Waals surface area contributed by atoms with Crippen molar-refractivity contribution in [2.45, 2.75) is 0 Å². The number of halogens is 1. The van der Waals surface area contributed by atoms with Crippen LogP contribution in [0.5, 0.6) is 0 Å². The van der Waals surface area contributed by atoms with Crippen molar-refractivity contribution in [2.75, 3.05) is 42.6 Å². The van der Waals surface area contributed by atoms with Crippen LogP contribution in [0, 0.1) is 0 Å². The van der Waals surface area contributed by atoms with Crippen molar-refractivity contribution in [3.05, 3.63) is 59.1 Å². The van der Waals surface area contributed by atoms with E-state index in [1.54, 1.807) is 36.4 Å². The number of rotatable bonds is 7. The maximum atomic E-state index is 12.1. The topological polar surface area (TPSA) is 69.7 Å². The average molecular weight is 396 g/mol. The summed E-state index contributed by atoms with van der Waals surface area (Å²) in [4.78, 5) is 14.0. The first kappa shape index (κ1) is 20.1. The Morgan fingerprint density at radius 3 is 2.04 bits per heavy atom. The second-order valence-electron chi connectivity index (χ2n) is 6.01. The number of sulfonamides is 1. The molecular formula is C18H22ClN3O3S. The molecule has 0 atom stereocenters. The van der Waals surface area contributed by atoms with Gasteiger partial charge in [0.15, 0.2) is 0 Å². The van der Waals surface area contributed by atoms with Crippen molar-refractivity contribution >= 4 is 38.9 Å². The zero-order valence-electron chi connectivity index (χ0n) is 14.9. The summed E-state index contributed by atoms with van der Waals surface area (Å²) in [5.74, 6) is -0.280. The van der Waals surface area contributed by atoms with Crippen molar-refractivity contribution in [1.29, 1.82) is 0 Å². The molecule has 140 valence electrons. The van der Waals surface area contributed by atoms with Gasteiger partial charge in [0.05, 0.1) is 18.5 Å². The molecule has 0 aliphatic rings. The first-order valence-electron chi connectivity index (χ1n) is 7.97. The van der Waals surface area contributed by atoms with Crippen LogP contribution in [0.4, 0.5) is 11.4 Å². The fourth-order valence-corrected chi connectivity index (χ4v) is 3.43. The number of carbonyl (C=O) groups excluding carboxylic acids is 1. The Labute approximate surface area is 159 Å². The summed E-state index contributed by atoms with van der Waals surface area (Å²) in [6, 6.07) is 13.7. The Morgan fingerprint density at radius 2 is 1.54 bits per heavy atom. The van der Waals surface area contributed by atoms with Gasteiger partial charge in [0.1, 0.15) is 0 Å². The molecule has 0 aromatic heterocycles. The van der Waals surface area contributed by atoms with Gasteiger partial charge in [-0.15, -0.1) is 0 Å². The maximum Gasteiger partial charge on any atom is 0.251 e. The molecule has 0 spiro atoms. The zero-order valence-corrected chi connectivity index (χ0v) is 16.5. The molecule has 0 saturated carbocycles. The highest BCUT2D eigenvalue weighted by Gasteiger charge is 2.17. The number of anilines is 2.